The van der Waals surface area contributed by atoms with Crippen molar-refractivity contribution in [3.05, 3.63) is 35.4 Å². The summed E-state index contributed by atoms with van der Waals surface area (Å²) in [5.74, 6) is 0.225. The van der Waals surface area contributed by atoms with Gasteiger partial charge in [-0.25, -0.2) is 12.7 Å². The van der Waals surface area contributed by atoms with Crippen molar-refractivity contribution in [2.45, 2.75) is 33.2 Å². The van der Waals surface area contributed by atoms with Crippen LogP contribution in [0.2, 0.25) is 0 Å². The Bertz CT molecular complexity index is 626. The van der Waals surface area contributed by atoms with E-state index in [4.69, 9.17) is 0 Å². The maximum absolute atomic E-state index is 11.9. The molecule has 2 aliphatic heterocycles. The van der Waals surface area contributed by atoms with Gasteiger partial charge < -0.3 is 0 Å². The zero-order valence-corrected chi connectivity index (χ0v) is 14.4. The molecule has 1 spiro atoms. The third-order valence-corrected chi connectivity index (χ3v) is 7.13. The summed E-state index contributed by atoms with van der Waals surface area (Å²) in [4.78, 5) is 2.50. The Labute approximate surface area is 134 Å². The van der Waals surface area contributed by atoms with Crippen LogP contribution in [0.25, 0.3) is 0 Å². The summed E-state index contributed by atoms with van der Waals surface area (Å²) in [7, 11) is -2.98. The summed E-state index contributed by atoms with van der Waals surface area (Å²) in [6.45, 7) is 8.54. The number of hydrogen-bond donors (Lipinski definition) is 0. The van der Waals surface area contributed by atoms with Crippen molar-refractivity contribution in [3.8, 4) is 0 Å². The van der Waals surface area contributed by atoms with Crippen LogP contribution in [0.1, 0.15) is 30.9 Å². The Kier molecular flexibility index (Phi) is 4.32. The molecule has 2 saturated heterocycles. The van der Waals surface area contributed by atoms with Gasteiger partial charge in [-0.3, -0.25) is 4.90 Å². The fourth-order valence-corrected chi connectivity index (χ4v) is 4.92. The molecule has 22 heavy (non-hydrogen) atoms. The summed E-state index contributed by atoms with van der Waals surface area (Å²) in [5.41, 5.74) is 3.01. The molecule has 0 N–H and O–H groups in total. The van der Waals surface area contributed by atoms with Crippen molar-refractivity contribution in [1.82, 2.24) is 9.21 Å². The average molecular weight is 322 g/mol. The highest BCUT2D eigenvalue weighted by molar-refractivity contribution is 7.89. The first-order valence-corrected chi connectivity index (χ1v) is 9.80. The predicted molar refractivity (Wildman–Crippen MR) is 89.2 cm³/mol. The van der Waals surface area contributed by atoms with Crippen LogP contribution in [0.5, 0.6) is 0 Å². The highest BCUT2D eigenvalue weighted by atomic mass is 32.2. The van der Waals surface area contributed by atoms with E-state index < -0.39 is 10.0 Å². The highest BCUT2D eigenvalue weighted by Crippen LogP contribution is 2.42. The molecule has 1 aromatic carbocycles. The third-order valence-electron chi connectivity index (χ3n) is 5.35. The molecule has 0 bridgehead atoms. The van der Waals surface area contributed by atoms with Gasteiger partial charge >= 0.3 is 0 Å². The molecule has 0 saturated carbocycles. The Morgan fingerprint density at radius 2 is 1.77 bits per heavy atom. The molecule has 0 aliphatic carbocycles. The molecule has 0 aromatic heterocycles. The third kappa shape index (κ3) is 3.07. The maximum atomic E-state index is 11.9. The first-order chi connectivity index (χ1) is 10.4. The summed E-state index contributed by atoms with van der Waals surface area (Å²) >= 11 is 0. The Balaban J connectivity index is 1.53. The van der Waals surface area contributed by atoms with Gasteiger partial charge in [0.05, 0.1) is 5.75 Å². The first-order valence-electron chi connectivity index (χ1n) is 8.19. The molecule has 3 rings (SSSR count). The smallest absolute Gasteiger partial charge is 0.213 e. The van der Waals surface area contributed by atoms with Crippen LogP contribution >= 0.6 is 0 Å². The number of hydrogen-bond acceptors (Lipinski definition) is 3. The average Bonchev–Trinajstić information content (AvgIpc) is 2.48. The van der Waals surface area contributed by atoms with Crippen molar-refractivity contribution >= 4 is 10.0 Å². The van der Waals surface area contributed by atoms with E-state index in [1.54, 1.807) is 11.2 Å². The maximum Gasteiger partial charge on any atom is 0.213 e. The summed E-state index contributed by atoms with van der Waals surface area (Å²) in [5, 5.41) is 0. The van der Waals surface area contributed by atoms with E-state index in [2.05, 4.69) is 36.1 Å². The number of sulfonamides is 1. The molecule has 2 heterocycles. The van der Waals surface area contributed by atoms with Crippen LogP contribution in [0, 0.1) is 12.3 Å². The number of nitrogens with zero attached hydrogens (tertiary/aromatic N) is 2. The normalized spacial score (nSPS) is 22.6. The zero-order chi connectivity index (χ0) is 15.8. The molecule has 5 heteroatoms. The lowest BCUT2D eigenvalue weighted by molar-refractivity contribution is -0.00134. The topological polar surface area (TPSA) is 40.6 Å². The molecular weight excluding hydrogens is 296 g/mol. The van der Waals surface area contributed by atoms with E-state index >= 15 is 0 Å². The van der Waals surface area contributed by atoms with Crippen LogP contribution in [0.3, 0.4) is 0 Å². The fourth-order valence-electron chi connectivity index (χ4n) is 3.61. The van der Waals surface area contributed by atoms with Crippen molar-refractivity contribution in [1.29, 1.82) is 0 Å². The van der Waals surface area contributed by atoms with Gasteiger partial charge in [-0.15, -0.1) is 0 Å². The minimum atomic E-state index is -2.98. The van der Waals surface area contributed by atoms with Gasteiger partial charge in [0.15, 0.2) is 0 Å². The quantitative estimate of drug-likeness (QED) is 0.853. The van der Waals surface area contributed by atoms with Gasteiger partial charge in [-0.2, -0.15) is 0 Å². The molecule has 1 aromatic rings. The molecule has 0 atom stereocenters. The summed E-state index contributed by atoms with van der Waals surface area (Å²) in [6.07, 6.45) is 2.24. The lowest BCUT2D eigenvalue weighted by Crippen LogP contribution is -2.61. The largest absolute Gasteiger partial charge is 0.299 e. The van der Waals surface area contributed by atoms with Crippen molar-refractivity contribution < 1.29 is 8.42 Å². The number of aryl methyl sites for hydroxylation is 1. The summed E-state index contributed by atoms with van der Waals surface area (Å²) < 4.78 is 25.4. The molecule has 0 unspecified atom stereocenters. The van der Waals surface area contributed by atoms with Gasteiger partial charge in [0.2, 0.25) is 10.0 Å². The van der Waals surface area contributed by atoms with Gasteiger partial charge in [0.25, 0.3) is 0 Å². The molecule has 2 fully saturated rings. The fraction of sp³-hybridized carbons (Fsp3) is 0.647. The van der Waals surface area contributed by atoms with E-state index in [1.165, 1.54) is 11.1 Å². The van der Waals surface area contributed by atoms with Crippen LogP contribution in [-0.2, 0) is 16.6 Å². The monoisotopic (exact) mass is 322 g/mol. The number of rotatable bonds is 4. The van der Waals surface area contributed by atoms with Crippen LogP contribution in [0.4, 0.5) is 0 Å². The summed E-state index contributed by atoms with van der Waals surface area (Å²) in [6, 6.07) is 8.56. The van der Waals surface area contributed by atoms with Crippen molar-refractivity contribution in [2.75, 3.05) is 31.9 Å². The molecule has 2 aliphatic rings. The van der Waals surface area contributed by atoms with Crippen molar-refractivity contribution in [2.24, 2.45) is 5.41 Å². The van der Waals surface area contributed by atoms with E-state index in [0.29, 0.717) is 0 Å². The van der Waals surface area contributed by atoms with E-state index in [-0.39, 0.29) is 11.2 Å². The molecule has 122 valence electrons. The minimum Gasteiger partial charge on any atom is -0.299 e. The minimum absolute atomic E-state index is 0.225. The molecule has 4 nitrogen and oxygen atoms in total. The van der Waals surface area contributed by atoms with Gasteiger partial charge in [-0.05, 0) is 50.9 Å². The second-order valence-electron chi connectivity index (χ2n) is 6.87. The van der Waals surface area contributed by atoms with Gasteiger partial charge in [0, 0.05) is 25.0 Å². The zero-order valence-electron chi connectivity index (χ0n) is 13.6. The Hall–Kier alpha value is -0.910. The van der Waals surface area contributed by atoms with Gasteiger partial charge in [0.1, 0.15) is 0 Å². The van der Waals surface area contributed by atoms with Crippen LogP contribution in [0.15, 0.2) is 24.3 Å². The lowest BCUT2D eigenvalue weighted by atomic mass is 9.73. The lowest BCUT2D eigenvalue weighted by Gasteiger charge is -2.53. The second kappa shape index (κ2) is 5.95. The number of benzene rings is 1. The SMILES string of the molecule is CCS(=O)(=O)N1CC2(CCN(Cc3ccccc3C)CC2)C1. The van der Waals surface area contributed by atoms with Crippen molar-refractivity contribution in [3.63, 3.8) is 0 Å². The molecule has 0 amide bonds. The molecule has 0 radical (unpaired) electrons. The Morgan fingerprint density at radius 3 is 2.36 bits per heavy atom. The van der Waals surface area contributed by atoms with E-state index in [1.807, 2.05) is 0 Å². The van der Waals surface area contributed by atoms with Crippen LogP contribution in [-0.4, -0.2) is 49.6 Å². The number of piperidine rings is 1. The molecular formula is C17H26N2O2S. The highest BCUT2D eigenvalue weighted by Gasteiger charge is 2.48. The van der Waals surface area contributed by atoms with Gasteiger partial charge in [-0.1, -0.05) is 24.3 Å². The van der Waals surface area contributed by atoms with Crippen LogP contribution < -0.4 is 0 Å². The van der Waals surface area contributed by atoms with E-state index in [9.17, 15) is 8.42 Å². The first kappa shape index (κ1) is 16.0. The standard InChI is InChI=1S/C17H26N2O2S/c1-3-22(20,21)19-13-17(14-19)8-10-18(11-9-17)12-16-7-5-4-6-15(16)2/h4-7H,3,8-14H2,1-2H3. The predicted octanol–water partition coefficient (Wildman–Crippen LogP) is 2.24. The Morgan fingerprint density at radius 1 is 1.14 bits per heavy atom. The second-order valence-corrected chi connectivity index (χ2v) is 9.13. The number of likely N-dealkylation sites (tertiary alicyclic amines) is 1. The van der Waals surface area contributed by atoms with E-state index in [0.717, 1.165) is 45.6 Å².